The number of aryl methyl sites for hydroxylation is 2. The van der Waals surface area contributed by atoms with E-state index >= 15 is 0 Å². The maximum Gasteiger partial charge on any atom is 0.265 e. The van der Waals surface area contributed by atoms with E-state index in [1.54, 1.807) is 30.3 Å². The molecule has 2 aromatic heterocycles. The second-order valence-corrected chi connectivity index (χ2v) is 8.48. The van der Waals surface area contributed by atoms with E-state index in [2.05, 4.69) is 15.7 Å². The van der Waals surface area contributed by atoms with E-state index in [0.29, 0.717) is 21.8 Å². The topological polar surface area (TPSA) is 76.0 Å². The Balaban J connectivity index is 1.47. The lowest BCUT2D eigenvalue weighted by molar-refractivity contribution is 0.102. The zero-order valence-electron chi connectivity index (χ0n) is 17.5. The largest absolute Gasteiger partial charge is 0.321 e. The molecule has 0 saturated carbocycles. The second-order valence-electron chi connectivity index (χ2n) is 7.19. The number of carbonyl (C=O) groups excluding carboxylic acids is 2. The van der Waals surface area contributed by atoms with Gasteiger partial charge in [0.1, 0.15) is 0 Å². The van der Waals surface area contributed by atoms with Gasteiger partial charge >= 0.3 is 0 Å². The standard InChI is InChI=1S/C24H22N4O2S/c1-15-9-14-21(31-15)24(30)25-19-12-10-18(11-13-19)23(29)26-22-16(2)27-28(17(22)3)20-7-5-4-6-8-20/h4-14H,1-3H3,(H,25,30)(H,26,29). The van der Waals surface area contributed by atoms with Crippen LogP contribution < -0.4 is 10.6 Å². The normalized spacial score (nSPS) is 10.7. The van der Waals surface area contributed by atoms with Crippen molar-refractivity contribution in [1.29, 1.82) is 0 Å². The molecular weight excluding hydrogens is 408 g/mol. The number of rotatable bonds is 5. The van der Waals surface area contributed by atoms with E-state index in [9.17, 15) is 9.59 Å². The van der Waals surface area contributed by atoms with E-state index < -0.39 is 0 Å². The Labute approximate surface area is 184 Å². The average molecular weight is 431 g/mol. The number of thiophene rings is 1. The molecule has 0 spiro atoms. The first kappa shape index (κ1) is 20.6. The molecule has 2 N–H and O–H groups in total. The smallest absolute Gasteiger partial charge is 0.265 e. The number of anilines is 2. The minimum atomic E-state index is -0.231. The number of hydrogen-bond acceptors (Lipinski definition) is 4. The van der Waals surface area contributed by atoms with Gasteiger partial charge in [-0.25, -0.2) is 4.68 Å². The first-order valence-corrected chi connectivity index (χ1v) is 10.6. The van der Waals surface area contributed by atoms with E-state index in [0.717, 1.165) is 22.0 Å². The van der Waals surface area contributed by atoms with Gasteiger partial charge in [-0.15, -0.1) is 11.3 Å². The Morgan fingerprint density at radius 2 is 1.55 bits per heavy atom. The molecule has 31 heavy (non-hydrogen) atoms. The Morgan fingerprint density at radius 3 is 2.19 bits per heavy atom. The highest BCUT2D eigenvalue weighted by Crippen LogP contribution is 2.24. The quantitative estimate of drug-likeness (QED) is 0.447. The van der Waals surface area contributed by atoms with Crippen molar-refractivity contribution in [2.45, 2.75) is 20.8 Å². The number of nitrogens with zero attached hydrogens (tertiary/aromatic N) is 2. The molecule has 7 heteroatoms. The fourth-order valence-corrected chi connectivity index (χ4v) is 4.05. The van der Waals surface area contributed by atoms with Gasteiger partial charge in [-0.3, -0.25) is 9.59 Å². The van der Waals surface area contributed by atoms with Gasteiger partial charge in [0.15, 0.2) is 0 Å². The molecule has 4 aromatic rings. The third kappa shape index (κ3) is 4.41. The van der Waals surface area contributed by atoms with E-state index in [4.69, 9.17) is 0 Å². The predicted molar refractivity (Wildman–Crippen MR) is 124 cm³/mol. The van der Waals surface area contributed by atoms with Gasteiger partial charge in [-0.05, 0) is 69.3 Å². The summed E-state index contributed by atoms with van der Waals surface area (Å²) in [4.78, 5) is 26.8. The molecule has 2 amide bonds. The number of hydrogen-bond donors (Lipinski definition) is 2. The number of aromatic nitrogens is 2. The van der Waals surface area contributed by atoms with Gasteiger partial charge in [-0.1, -0.05) is 18.2 Å². The van der Waals surface area contributed by atoms with Gasteiger partial charge in [0, 0.05) is 16.1 Å². The van der Waals surface area contributed by atoms with Crippen LogP contribution in [-0.4, -0.2) is 21.6 Å². The lowest BCUT2D eigenvalue weighted by Crippen LogP contribution is -2.14. The lowest BCUT2D eigenvalue weighted by atomic mass is 10.2. The van der Waals surface area contributed by atoms with Crippen LogP contribution in [0.1, 0.15) is 36.3 Å². The van der Waals surface area contributed by atoms with Crippen LogP contribution in [0.2, 0.25) is 0 Å². The number of para-hydroxylation sites is 1. The van der Waals surface area contributed by atoms with Gasteiger partial charge in [0.05, 0.1) is 27.6 Å². The fourth-order valence-electron chi connectivity index (χ4n) is 3.28. The monoisotopic (exact) mass is 430 g/mol. The maximum absolute atomic E-state index is 12.8. The number of amides is 2. The summed E-state index contributed by atoms with van der Waals surface area (Å²) < 4.78 is 1.82. The van der Waals surface area contributed by atoms with Crippen LogP contribution in [0.4, 0.5) is 11.4 Å². The van der Waals surface area contributed by atoms with Crippen molar-refractivity contribution in [3.8, 4) is 5.69 Å². The van der Waals surface area contributed by atoms with Crippen molar-refractivity contribution in [3.63, 3.8) is 0 Å². The third-order valence-corrected chi connectivity index (χ3v) is 5.90. The van der Waals surface area contributed by atoms with Crippen LogP contribution in [0.25, 0.3) is 5.69 Å². The molecule has 0 aliphatic carbocycles. The zero-order valence-corrected chi connectivity index (χ0v) is 18.3. The van der Waals surface area contributed by atoms with Crippen LogP contribution >= 0.6 is 11.3 Å². The van der Waals surface area contributed by atoms with Crippen molar-refractivity contribution in [1.82, 2.24) is 9.78 Å². The van der Waals surface area contributed by atoms with Crippen molar-refractivity contribution >= 4 is 34.5 Å². The lowest BCUT2D eigenvalue weighted by Gasteiger charge is -2.08. The van der Waals surface area contributed by atoms with Crippen LogP contribution in [0.15, 0.2) is 66.7 Å². The van der Waals surface area contributed by atoms with E-state index in [1.165, 1.54) is 11.3 Å². The van der Waals surface area contributed by atoms with Crippen molar-refractivity contribution in [3.05, 3.63) is 93.4 Å². The highest BCUT2D eigenvalue weighted by Gasteiger charge is 2.16. The second kappa shape index (κ2) is 8.57. The third-order valence-electron chi connectivity index (χ3n) is 4.90. The van der Waals surface area contributed by atoms with Crippen molar-refractivity contribution < 1.29 is 9.59 Å². The fraction of sp³-hybridized carbons (Fsp3) is 0.125. The summed E-state index contributed by atoms with van der Waals surface area (Å²) in [7, 11) is 0. The molecule has 4 rings (SSSR count). The first-order chi connectivity index (χ1) is 14.9. The van der Waals surface area contributed by atoms with Crippen LogP contribution in [0, 0.1) is 20.8 Å². The van der Waals surface area contributed by atoms with Gasteiger partial charge in [0.2, 0.25) is 0 Å². The van der Waals surface area contributed by atoms with Gasteiger partial charge in [-0.2, -0.15) is 5.10 Å². The summed E-state index contributed by atoms with van der Waals surface area (Å²) in [6, 6.07) is 20.3. The molecular formula is C24H22N4O2S. The van der Waals surface area contributed by atoms with Crippen LogP contribution in [0.3, 0.4) is 0 Å². The molecule has 6 nitrogen and oxygen atoms in total. The molecule has 0 radical (unpaired) electrons. The molecule has 0 bridgehead atoms. The maximum atomic E-state index is 12.8. The van der Waals surface area contributed by atoms with E-state index in [1.807, 2.05) is 61.9 Å². The molecule has 0 unspecified atom stereocenters. The molecule has 0 saturated heterocycles. The van der Waals surface area contributed by atoms with Gasteiger partial charge < -0.3 is 10.6 Å². The summed E-state index contributed by atoms with van der Waals surface area (Å²) in [5, 5.41) is 10.4. The number of carbonyl (C=O) groups is 2. The summed E-state index contributed by atoms with van der Waals surface area (Å²) in [5.74, 6) is -0.388. The Kier molecular flexibility index (Phi) is 5.68. The number of nitrogens with one attached hydrogen (secondary N) is 2. The Bertz CT molecular complexity index is 1240. The zero-order chi connectivity index (χ0) is 22.0. The molecule has 0 aliphatic rings. The average Bonchev–Trinajstić information content (AvgIpc) is 3.33. The molecule has 2 aromatic carbocycles. The number of benzene rings is 2. The van der Waals surface area contributed by atoms with Crippen LogP contribution in [-0.2, 0) is 0 Å². The highest BCUT2D eigenvalue weighted by molar-refractivity contribution is 7.14. The Morgan fingerprint density at radius 1 is 0.839 bits per heavy atom. The first-order valence-electron chi connectivity index (χ1n) is 9.83. The summed E-state index contributed by atoms with van der Waals surface area (Å²) >= 11 is 1.44. The van der Waals surface area contributed by atoms with Crippen LogP contribution in [0.5, 0.6) is 0 Å². The van der Waals surface area contributed by atoms with E-state index in [-0.39, 0.29) is 11.8 Å². The molecule has 2 heterocycles. The minimum Gasteiger partial charge on any atom is -0.321 e. The summed E-state index contributed by atoms with van der Waals surface area (Å²) in [5.41, 5.74) is 4.36. The molecule has 0 aliphatic heterocycles. The highest BCUT2D eigenvalue weighted by atomic mass is 32.1. The molecule has 156 valence electrons. The Hall–Kier alpha value is -3.71. The van der Waals surface area contributed by atoms with Gasteiger partial charge in [0.25, 0.3) is 11.8 Å². The summed E-state index contributed by atoms with van der Waals surface area (Å²) in [6.07, 6.45) is 0. The van der Waals surface area contributed by atoms with Crippen molar-refractivity contribution in [2.75, 3.05) is 10.6 Å². The minimum absolute atomic E-state index is 0.158. The summed E-state index contributed by atoms with van der Waals surface area (Å²) in [6.45, 7) is 5.75. The molecule has 0 atom stereocenters. The molecule has 0 fully saturated rings. The predicted octanol–water partition coefficient (Wildman–Crippen LogP) is 5.36. The SMILES string of the molecule is Cc1ccc(C(=O)Nc2ccc(C(=O)Nc3c(C)nn(-c4ccccc4)c3C)cc2)s1. The van der Waals surface area contributed by atoms with Crippen molar-refractivity contribution in [2.24, 2.45) is 0 Å².